The van der Waals surface area contributed by atoms with Gasteiger partial charge in [0, 0.05) is 17.5 Å². The molecule has 1 fully saturated rings. The van der Waals surface area contributed by atoms with Crippen molar-refractivity contribution in [3.63, 3.8) is 0 Å². The molecule has 18 heavy (non-hydrogen) atoms. The molecule has 0 bridgehead atoms. The van der Waals surface area contributed by atoms with Crippen molar-refractivity contribution in [3.8, 4) is 5.75 Å². The van der Waals surface area contributed by atoms with Crippen LogP contribution in [0.5, 0.6) is 5.75 Å². The van der Waals surface area contributed by atoms with Crippen LogP contribution in [-0.4, -0.2) is 25.9 Å². The molecule has 100 valence electrons. The molecule has 1 aliphatic rings. The average molecular weight is 271 g/mol. The molecule has 0 amide bonds. The summed E-state index contributed by atoms with van der Waals surface area (Å²) in [7, 11) is 0. The first kappa shape index (κ1) is 13.6. The molecule has 0 aromatic heterocycles. The summed E-state index contributed by atoms with van der Waals surface area (Å²) in [4.78, 5) is 0. The molecule has 1 aromatic carbocycles. The Kier molecular flexibility index (Phi) is 5.26. The minimum absolute atomic E-state index is 0.112. The van der Waals surface area contributed by atoms with E-state index < -0.39 is 0 Å². The van der Waals surface area contributed by atoms with Gasteiger partial charge in [-0.05, 0) is 37.1 Å². The Labute approximate surface area is 112 Å². The van der Waals surface area contributed by atoms with E-state index in [-0.39, 0.29) is 6.04 Å². The van der Waals surface area contributed by atoms with Crippen LogP contribution >= 0.6 is 11.6 Å². The maximum Gasteiger partial charge on any atom is 0.119 e. The van der Waals surface area contributed by atoms with Crippen LogP contribution in [0.1, 0.15) is 12.8 Å². The second-order valence-electron chi connectivity index (χ2n) is 4.52. The summed E-state index contributed by atoms with van der Waals surface area (Å²) in [6, 6.07) is 7.44. The van der Waals surface area contributed by atoms with Crippen molar-refractivity contribution in [2.75, 3.05) is 19.8 Å². The Balaban J connectivity index is 1.84. The molecule has 0 radical (unpaired) electrons. The molecule has 1 aromatic rings. The number of hydrogen-bond acceptors (Lipinski definition) is 4. The van der Waals surface area contributed by atoms with Gasteiger partial charge in [0.15, 0.2) is 0 Å². The number of halogens is 1. The number of benzene rings is 1. The highest BCUT2D eigenvalue weighted by Crippen LogP contribution is 2.19. The van der Waals surface area contributed by atoms with Crippen molar-refractivity contribution in [1.82, 2.24) is 5.43 Å². The monoisotopic (exact) mass is 270 g/mol. The van der Waals surface area contributed by atoms with Crippen LogP contribution < -0.4 is 16.0 Å². The number of nitrogens with two attached hydrogens (primary N) is 1. The second kappa shape index (κ2) is 6.95. The van der Waals surface area contributed by atoms with Crippen molar-refractivity contribution < 1.29 is 9.47 Å². The first-order chi connectivity index (χ1) is 8.79. The van der Waals surface area contributed by atoms with Crippen molar-refractivity contribution in [2.24, 2.45) is 11.8 Å². The third-order valence-electron chi connectivity index (χ3n) is 3.22. The highest BCUT2D eigenvalue weighted by molar-refractivity contribution is 6.30. The molecule has 1 aliphatic heterocycles. The lowest BCUT2D eigenvalue weighted by Gasteiger charge is -2.29. The molecule has 2 unspecified atom stereocenters. The van der Waals surface area contributed by atoms with E-state index >= 15 is 0 Å². The fourth-order valence-corrected chi connectivity index (χ4v) is 2.25. The Morgan fingerprint density at radius 1 is 1.44 bits per heavy atom. The minimum atomic E-state index is 0.112. The van der Waals surface area contributed by atoms with Crippen molar-refractivity contribution in [2.45, 2.75) is 18.9 Å². The predicted octanol–water partition coefficient (Wildman–Crippen LogP) is 1.98. The number of ether oxygens (including phenoxy) is 2. The van der Waals surface area contributed by atoms with Crippen LogP contribution in [0, 0.1) is 5.92 Å². The lowest BCUT2D eigenvalue weighted by atomic mass is 9.95. The van der Waals surface area contributed by atoms with E-state index in [0.717, 1.165) is 31.8 Å². The molecule has 2 atom stereocenters. The Bertz CT molecular complexity index is 353. The van der Waals surface area contributed by atoms with E-state index in [1.807, 2.05) is 24.3 Å². The van der Waals surface area contributed by atoms with Gasteiger partial charge in [0.25, 0.3) is 0 Å². The molecule has 3 N–H and O–H groups in total. The second-order valence-corrected chi connectivity index (χ2v) is 4.95. The predicted molar refractivity (Wildman–Crippen MR) is 71.6 cm³/mol. The fraction of sp³-hybridized carbons (Fsp3) is 0.538. The van der Waals surface area contributed by atoms with Gasteiger partial charge in [-0.25, -0.2) is 0 Å². The molecule has 5 heteroatoms. The number of hydrogen-bond donors (Lipinski definition) is 2. The summed E-state index contributed by atoms with van der Waals surface area (Å²) in [5.74, 6) is 6.80. The van der Waals surface area contributed by atoms with E-state index in [4.69, 9.17) is 26.9 Å². The molecular formula is C13H19ClN2O2. The summed E-state index contributed by atoms with van der Waals surface area (Å²) in [5.41, 5.74) is 2.82. The third kappa shape index (κ3) is 3.85. The average Bonchev–Trinajstić information content (AvgIpc) is 2.43. The van der Waals surface area contributed by atoms with E-state index in [2.05, 4.69) is 5.43 Å². The zero-order chi connectivity index (χ0) is 12.8. The van der Waals surface area contributed by atoms with E-state index in [0.29, 0.717) is 17.5 Å². The summed E-state index contributed by atoms with van der Waals surface area (Å²) in [5, 5.41) is 0.705. The lowest BCUT2D eigenvalue weighted by molar-refractivity contribution is 0.0307. The molecular weight excluding hydrogens is 252 g/mol. The standard InChI is InChI=1S/C13H19ClN2O2/c14-11-3-5-12(6-4-11)18-9-13(16-15)10-2-1-7-17-8-10/h3-6,10,13,16H,1-2,7-9,15H2. The van der Waals surface area contributed by atoms with Gasteiger partial charge in [-0.1, -0.05) is 11.6 Å². The number of rotatable bonds is 5. The topological polar surface area (TPSA) is 56.5 Å². The quantitative estimate of drug-likeness (QED) is 0.635. The summed E-state index contributed by atoms with van der Waals surface area (Å²) < 4.78 is 11.2. The van der Waals surface area contributed by atoms with Crippen LogP contribution in [0.15, 0.2) is 24.3 Å². The normalized spacial score (nSPS) is 21.6. The highest BCUT2D eigenvalue weighted by atomic mass is 35.5. The molecule has 0 spiro atoms. The van der Waals surface area contributed by atoms with Gasteiger partial charge in [0.05, 0.1) is 12.6 Å². The van der Waals surface area contributed by atoms with Crippen LogP contribution in [0.4, 0.5) is 0 Å². The zero-order valence-electron chi connectivity index (χ0n) is 10.3. The van der Waals surface area contributed by atoms with E-state index in [9.17, 15) is 0 Å². The van der Waals surface area contributed by atoms with Crippen LogP contribution in [0.3, 0.4) is 0 Å². The molecule has 1 saturated heterocycles. The number of nitrogens with one attached hydrogen (secondary N) is 1. The fourth-order valence-electron chi connectivity index (χ4n) is 2.12. The van der Waals surface area contributed by atoms with Gasteiger partial charge in [0.2, 0.25) is 0 Å². The Morgan fingerprint density at radius 2 is 2.22 bits per heavy atom. The Morgan fingerprint density at radius 3 is 2.83 bits per heavy atom. The zero-order valence-corrected chi connectivity index (χ0v) is 11.0. The number of hydrazine groups is 1. The largest absolute Gasteiger partial charge is 0.492 e. The summed E-state index contributed by atoms with van der Waals surface area (Å²) in [6.07, 6.45) is 2.21. The third-order valence-corrected chi connectivity index (χ3v) is 3.47. The maximum absolute atomic E-state index is 5.82. The summed E-state index contributed by atoms with van der Waals surface area (Å²) >= 11 is 5.82. The molecule has 2 rings (SSSR count). The van der Waals surface area contributed by atoms with Gasteiger partial charge >= 0.3 is 0 Å². The smallest absolute Gasteiger partial charge is 0.119 e. The van der Waals surface area contributed by atoms with Crippen LogP contribution in [0.25, 0.3) is 0 Å². The van der Waals surface area contributed by atoms with Crippen LogP contribution in [-0.2, 0) is 4.74 Å². The molecule has 4 nitrogen and oxygen atoms in total. The molecule has 0 saturated carbocycles. The van der Waals surface area contributed by atoms with Gasteiger partial charge in [-0.2, -0.15) is 0 Å². The van der Waals surface area contributed by atoms with E-state index in [1.54, 1.807) is 0 Å². The van der Waals surface area contributed by atoms with Gasteiger partial charge in [-0.15, -0.1) is 0 Å². The van der Waals surface area contributed by atoms with Crippen molar-refractivity contribution >= 4 is 11.6 Å². The first-order valence-corrected chi connectivity index (χ1v) is 6.59. The van der Waals surface area contributed by atoms with E-state index in [1.165, 1.54) is 0 Å². The molecule has 0 aliphatic carbocycles. The first-order valence-electron chi connectivity index (χ1n) is 6.22. The van der Waals surface area contributed by atoms with Gasteiger partial charge in [0.1, 0.15) is 12.4 Å². The Hall–Kier alpha value is -0.810. The highest BCUT2D eigenvalue weighted by Gasteiger charge is 2.23. The van der Waals surface area contributed by atoms with Crippen molar-refractivity contribution in [3.05, 3.63) is 29.3 Å². The van der Waals surface area contributed by atoms with Gasteiger partial charge in [-0.3, -0.25) is 11.3 Å². The lowest BCUT2D eigenvalue weighted by Crippen LogP contribution is -2.47. The molecule has 1 heterocycles. The summed E-state index contributed by atoms with van der Waals surface area (Å²) in [6.45, 7) is 2.14. The SMILES string of the molecule is NNC(COc1ccc(Cl)cc1)C1CCCOC1. The van der Waals surface area contributed by atoms with Crippen molar-refractivity contribution in [1.29, 1.82) is 0 Å². The maximum atomic E-state index is 5.82. The van der Waals surface area contributed by atoms with Gasteiger partial charge < -0.3 is 9.47 Å². The minimum Gasteiger partial charge on any atom is -0.492 e. The van der Waals surface area contributed by atoms with Crippen LogP contribution in [0.2, 0.25) is 5.02 Å².